The lowest BCUT2D eigenvalue weighted by Crippen LogP contribution is -2.31. The first-order valence-corrected chi connectivity index (χ1v) is 16.5. The molecule has 1 N–H and O–H groups in total. The molecule has 0 spiro atoms. The third-order valence-corrected chi connectivity index (χ3v) is 10.7. The molecule has 13 heteroatoms. The number of nitrogens with zero attached hydrogens (tertiary/aromatic N) is 1. The van der Waals surface area contributed by atoms with Gasteiger partial charge in [0.05, 0.1) is 21.9 Å². The Labute approximate surface area is 257 Å². The van der Waals surface area contributed by atoms with E-state index >= 15 is 0 Å². The van der Waals surface area contributed by atoms with Crippen molar-refractivity contribution in [2.45, 2.75) is 36.0 Å². The minimum atomic E-state index is -4.67. The lowest BCUT2D eigenvalue weighted by Gasteiger charge is -2.23. The number of benzene rings is 4. The number of sulfone groups is 1. The molecule has 5 aromatic rings. The Balaban J connectivity index is 1.51. The zero-order chi connectivity index (χ0) is 32.6. The van der Waals surface area contributed by atoms with E-state index in [1.54, 1.807) is 73.7 Å². The molecule has 0 saturated carbocycles. The number of hydrogen-bond donors (Lipinski definition) is 1. The average molecular weight is 658 g/mol. The predicted octanol–water partition coefficient (Wildman–Crippen LogP) is 6.68. The number of furan rings is 1. The summed E-state index contributed by atoms with van der Waals surface area (Å²) in [6.07, 6.45) is -4.12. The number of aryl methyl sites for hydroxylation is 1. The van der Waals surface area contributed by atoms with Crippen LogP contribution in [-0.2, 0) is 43.9 Å². The van der Waals surface area contributed by atoms with E-state index in [2.05, 4.69) is 0 Å². The highest BCUT2D eigenvalue weighted by molar-refractivity contribution is 7.92. The van der Waals surface area contributed by atoms with Gasteiger partial charge in [0.25, 0.3) is 0 Å². The summed E-state index contributed by atoms with van der Waals surface area (Å²) < 4.78 is 99.3. The van der Waals surface area contributed by atoms with Crippen molar-refractivity contribution in [2.75, 3.05) is 5.75 Å². The topological polar surface area (TPSA) is 122 Å². The third kappa shape index (κ3) is 6.95. The third-order valence-electron chi connectivity index (χ3n) is 7.14. The Kier molecular flexibility index (Phi) is 8.62. The molecule has 0 amide bonds. The summed E-state index contributed by atoms with van der Waals surface area (Å²) in [5, 5.41) is 10.1. The first-order valence-electron chi connectivity index (χ1n) is 13.4. The normalized spacial score (nSPS) is 12.6. The quantitative estimate of drug-likeness (QED) is 0.178. The lowest BCUT2D eigenvalue weighted by molar-refractivity contribution is -0.138. The molecule has 4 aromatic carbocycles. The Morgan fingerprint density at radius 2 is 1.56 bits per heavy atom. The van der Waals surface area contributed by atoms with E-state index in [9.17, 15) is 34.8 Å². The van der Waals surface area contributed by atoms with E-state index in [1.807, 2.05) is 0 Å². The Hall–Kier alpha value is -4.46. The van der Waals surface area contributed by atoms with Crippen LogP contribution in [0.15, 0.2) is 111 Å². The van der Waals surface area contributed by atoms with Gasteiger partial charge in [-0.3, -0.25) is 4.79 Å². The molecule has 8 nitrogen and oxygen atoms in total. The molecule has 234 valence electrons. The molecule has 45 heavy (non-hydrogen) atoms. The van der Waals surface area contributed by atoms with Crippen LogP contribution in [0.4, 0.5) is 13.2 Å². The van der Waals surface area contributed by atoms with E-state index in [-0.39, 0.29) is 22.1 Å². The second-order valence-electron chi connectivity index (χ2n) is 10.4. The van der Waals surface area contributed by atoms with Crippen molar-refractivity contribution in [2.24, 2.45) is 0 Å². The van der Waals surface area contributed by atoms with Crippen LogP contribution >= 0.6 is 0 Å². The number of carbonyl (C=O) groups is 1. The molecule has 0 aliphatic heterocycles. The minimum Gasteiger partial charge on any atom is -0.480 e. The first-order chi connectivity index (χ1) is 21.1. The largest absolute Gasteiger partial charge is 0.480 e. The number of fused-ring (bicyclic) bond motifs is 1. The molecule has 0 atom stereocenters. The lowest BCUT2D eigenvalue weighted by atomic mass is 10.0. The smallest absolute Gasteiger partial charge is 0.419 e. The summed E-state index contributed by atoms with van der Waals surface area (Å²) in [5.41, 5.74) is 0.984. The molecule has 1 aromatic heterocycles. The van der Waals surface area contributed by atoms with Crippen LogP contribution in [0.3, 0.4) is 0 Å². The zero-order valence-corrected chi connectivity index (χ0v) is 25.3. The number of rotatable bonds is 10. The number of sulfonamides is 1. The number of alkyl halides is 3. The molecule has 0 aliphatic carbocycles. The highest BCUT2D eigenvalue weighted by Crippen LogP contribution is 2.34. The molecule has 0 radical (unpaired) electrons. The maximum Gasteiger partial charge on any atom is 0.419 e. The zero-order valence-electron chi connectivity index (χ0n) is 23.7. The fourth-order valence-corrected chi connectivity index (χ4v) is 7.85. The van der Waals surface area contributed by atoms with Crippen molar-refractivity contribution in [3.8, 4) is 11.1 Å². The average Bonchev–Trinajstić information content (AvgIpc) is 3.46. The van der Waals surface area contributed by atoms with Gasteiger partial charge < -0.3 is 9.52 Å². The second-order valence-corrected chi connectivity index (χ2v) is 14.2. The summed E-state index contributed by atoms with van der Waals surface area (Å²) in [7, 11) is -8.36. The van der Waals surface area contributed by atoms with Gasteiger partial charge in [0.15, 0.2) is 15.6 Å². The van der Waals surface area contributed by atoms with Crippen molar-refractivity contribution < 1.29 is 44.3 Å². The molecule has 1 heterocycles. The minimum absolute atomic E-state index is 0.0270. The van der Waals surface area contributed by atoms with Crippen LogP contribution in [0.1, 0.15) is 22.5 Å². The van der Waals surface area contributed by atoms with Crippen molar-refractivity contribution in [1.82, 2.24) is 4.31 Å². The number of halogens is 3. The van der Waals surface area contributed by atoms with E-state index in [1.165, 1.54) is 18.2 Å². The second kappa shape index (κ2) is 12.1. The number of carboxylic acids is 1. The number of aliphatic carboxylic acids is 1. The van der Waals surface area contributed by atoms with Gasteiger partial charge in [-0.25, -0.2) is 16.8 Å². The fraction of sp³-hybridized carbons (Fsp3) is 0.156. The highest BCUT2D eigenvalue weighted by Gasteiger charge is 2.34. The molecular weight excluding hydrogens is 631 g/mol. The van der Waals surface area contributed by atoms with Gasteiger partial charge in [0.2, 0.25) is 10.0 Å². The van der Waals surface area contributed by atoms with Crippen LogP contribution in [0.25, 0.3) is 21.9 Å². The summed E-state index contributed by atoms with van der Waals surface area (Å²) in [5.74, 6) is -2.73. The molecule has 0 saturated heterocycles. The molecule has 5 rings (SSSR count). The first kappa shape index (κ1) is 31.9. The van der Waals surface area contributed by atoms with Gasteiger partial charge in [0, 0.05) is 11.9 Å². The van der Waals surface area contributed by atoms with Gasteiger partial charge in [-0.2, -0.15) is 17.5 Å². The van der Waals surface area contributed by atoms with Crippen molar-refractivity contribution in [1.29, 1.82) is 0 Å². The van der Waals surface area contributed by atoms with Crippen LogP contribution < -0.4 is 0 Å². The number of hydrogen-bond acceptors (Lipinski definition) is 6. The van der Waals surface area contributed by atoms with Gasteiger partial charge in [-0.05, 0) is 52.8 Å². The van der Waals surface area contributed by atoms with E-state index in [0.717, 1.165) is 10.4 Å². The Morgan fingerprint density at radius 1 is 0.844 bits per heavy atom. The SMILES string of the molecule is Cc1ccc2ccccc2c1S(=O)(=O)N(Cc1ccc(-c2cccc(S(=O)(=O)CC(=O)O)c2)cc1)Cc1cc(C(F)(F)F)co1. The van der Waals surface area contributed by atoms with Crippen molar-refractivity contribution >= 4 is 36.6 Å². The predicted molar refractivity (Wildman–Crippen MR) is 160 cm³/mol. The van der Waals surface area contributed by atoms with E-state index in [4.69, 9.17) is 9.52 Å². The van der Waals surface area contributed by atoms with Crippen molar-refractivity contribution in [3.63, 3.8) is 0 Å². The molecular formula is C32H26F3NO7S2. The Bertz CT molecular complexity index is 2100. The maximum absolute atomic E-state index is 14.2. The van der Waals surface area contributed by atoms with Crippen LogP contribution in [0, 0.1) is 6.92 Å². The monoisotopic (exact) mass is 657 g/mol. The van der Waals surface area contributed by atoms with Crippen LogP contribution in [0.2, 0.25) is 0 Å². The summed E-state index contributed by atoms with van der Waals surface area (Å²) in [4.78, 5) is 10.9. The van der Waals surface area contributed by atoms with E-state index < -0.39 is 49.9 Å². The molecule has 0 unspecified atom stereocenters. The molecule has 0 bridgehead atoms. The fourth-order valence-electron chi connectivity index (χ4n) is 4.96. The molecule has 0 aliphatic rings. The van der Waals surface area contributed by atoms with Gasteiger partial charge in [-0.1, -0.05) is 72.8 Å². The van der Waals surface area contributed by atoms with Gasteiger partial charge >= 0.3 is 12.1 Å². The van der Waals surface area contributed by atoms with Crippen LogP contribution in [-0.4, -0.2) is 38.0 Å². The van der Waals surface area contributed by atoms with Gasteiger partial charge in [-0.15, -0.1) is 0 Å². The van der Waals surface area contributed by atoms with Crippen molar-refractivity contribution in [3.05, 3.63) is 120 Å². The maximum atomic E-state index is 14.2. The standard InChI is InChI=1S/C32H26F3NO7S2/c1-21-9-12-24-5-2-3-8-29(24)31(21)45(41,42)36(18-27-16-26(19-43-27)32(33,34)35)17-22-10-13-23(14-11-22)25-6-4-7-28(15-25)44(39,40)20-30(37)38/h2-16,19H,17-18,20H2,1H3,(H,37,38). The summed E-state index contributed by atoms with van der Waals surface area (Å²) in [6, 6.07) is 23.4. The van der Waals surface area contributed by atoms with Gasteiger partial charge in [0.1, 0.15) is 12.0 Å². The van der Waals surface area contributed by atoms with E-state index in [0.29, 0.717) is 39.3 Å². The molecule has 0 fully saturated rings. The number of carboxylic acid groups (broad SMARTS) is 1. The highest BCUT2D eigenvalue weighted by atomic mass is 32.2. The summed E-state index contributed by atoms with van der Waals surface area (Å²) in [6.45, 7) is 0.943. The summed E-state index contributed by atoms with van der Waals surface area (Å²) >= 11 is 0. The van der Waals surface area contributed by atoms with Crippen LogP contribution in [0.5, 0.6) is 0 Å². The Morgan fingerprint density at radius 3 is 2.22 bits per heavy atom.